The number of rotatable bonds is 12. The van der Waals surface area contributed by atoms with E-state index in [9.17, 15) is 26.8 Å². The quantitative estimate of drug-likeness (QED) is 0.206. The molecule has 3 rings (SSSR count). The average Bonchev–Trinajstić information content (AvgIpc) is 2.97. The highest BCUT2D eigenvalue weighted by molar-refractivity contribution is 7.92. The van der Waals surface area contributed by atoms with Gasteiger partial charge >= 0.3 is 12.1 Å². The molecule has 3 aromatic rings. The van der Waals surface area contributed by atoms with Gasteiger partial charge in [-0.2, -0.15) is 4.98 Å². The van der Waals surface area contributed by atoms with E-state index in [4.69, 9.17) is 9.47 Å². The van der Waals surface area contributed by atoms with Gasteiger partial charge in [0.05, 0.1) is 16.8 Å². The summed E-state index contributed by atoms with van der Waals surface area (Å²) in [7, 11) is -1.52. The van der Waals surface area contributed by atoms with Gasteiger partial charge in [0.15, 0.2) is 29.0 Å². The van der Waals surface area contributed by atoms with Crippen molar-refractivity contribution in [1.82, 2.24) is 14.9 Å². The number of hydrogen-bond donors (Lipinski definition) is 1. The summed E-state index contributed by atoms with van der Waals surface area (Å²) >= 11 is 0. The zero-order valence-electron chi connectivity index (χ0n) is 25.6. The number of aromatic nitrogens is 2. The van der Waals surface area contributed by atoms with Gasteiger partial charge in [-0.25, -0.2) is 27.0 Å². The molecule has 0 atom stereocenters. The molecule has 0 unspecified atom stereocenters. The maximum absolute atomic E-state index is 14.1. The van der Waals surface area contributed by atoms with E-state index in [2.05, 4.69) is 15.3 Å². The third-order valence-electron chi connectivity index (χ3n) is 6.26. The second-order valence-electron chi connectivity index (χ2n) is 9.89. The monoisotopic (exact) mass is 634 g/mol. The Balaban J connectivity index is 2.27. The van der Waals surface area contributed by atoms with Crippen molar-refractivity contribution in [3.63, 3.8) is 0 Å². The number of benzene rings is 2. The molecule has 1 N–H and O–H groups in total. The van der Waals surface area contributed by atoms with Crippen molar-refractivity contribution in [2.45, 2.75) is 52.0 Å². The van der Waals surface area contributed by atoms with Gasteiger partial charge in [-0.1, -0.05) is 13.0 Å². The van der Waals surface area contributed by atoms with Crippen molar-refractivity contribution >= 4 is 45.2 Å². The number of halogens is 2. The molecule has 12 nitrogen and oxygen atoms in total. The molecule has 1 amide bonds. The van der Waals surface area contributed by atoms with Crippen molar-refractivity contribution in [1.29, 1.82) is 0 Å². The van der Waals surface area contributed by atoms with E-state index < -0.39 is 44.7 Å². The highest BCUT2D eigenvalue weighted by atomic mass is 32.2. The number of ether oxygens (including phenoxy) is 2. The summed E-state index contributed by atoms with van der Waals surface area (Å²) < 4.78 is 67.5. The van der Waals surface area contributed by atoms with E-state index in [1.165, 1.54) is 43.4 Å². The summed E-state index contributed by atoms with van der Waals surface area (Å²) in [5.74, 6) is -3.12. The molecule has 1 heterocycles. The van der Waals surface area contributed by atoms with Crippen LogP contribution in [0, 0.1) is 11.6 Å². The number of nitrogens with one attached hydrogen (secondary N) is 1. The second-order valence-corrected chi connectivity index (χ2v) is 11.7. The fourth-order valence-electron chi connectivity index (χ4n) is 4.01. The number of carbonyl (C=O) groups is 2. The number of hydrogen-bond acceptors (Lipinski definition) is 10. The fourth-order valence-corrected chi connectivity index (χ4v) is 5.68. The average molecular weight is 635 g/mol. The largest absolute Gasteiger partial charge is 0.420 e. The number of sulfonamides is 1. The highest BCUT2D eigenvalue weighted by Gasteiger charge is 2.32. The molecule has 0 aliphatic rings. The number of amides is 1. The zero-order valence-corrected chi connectivity index (χ0v) is 26.4. The van der Waals surface area contributed by atoms with Crippen LogP contribution in [0.5, 0.6) is 11.5 Å². The Morgan fingerprint density at radius 2 is 1.68 bits per heavy atom. The predicted molar refractivity (Wildman–Crippen MR) is 162 cm³/mol. The van der Waals surface area contributed by atoms with Crippen LogP contribution in [0.25, 0.3) is 0 Å². The molecular formula is C29H36F2N6O6S. The Bertz CT molecular complexity index is 1620. The fraction of sp³-hybridized carbons (Fsp3) is 0.379. The maximum Gasteiger partial charge on any atom is 0.414 e. The minimum absolute atomic E-state index is 0.00780. The van der Waals surface area contributed by atoms with Gasteiger partial charge < -0.3 is 24.6 Å². The number of para-hydroxylation sites is 1. The molecule has 0 aliphatic heterocycles. The zero-order chi connectivity index (χ0) is 32.8. The van der Waals surface area contributed by atoms with Crippen LogP contribution in [0.15, 0.2) is 47.5 Å². The van der Waals surface area contributed by atoms with Crippen molar-refractivity contribution < 1.29 is 36.3 Å². The third-order valence-corrected chi connectivity index (χ3v) is 8.24. The van der Waals surface area contributed by atoms with Gasteiger partial charge in [-0.05, 0) is 58.0 Å². The lowest BCUT2D eigenvalue weighted by atomic mass is 10.2. The molecule has 2 aromatic carbocycles. The van der Waals surface area contributed by atoms with Crippen LogP contribution in [0.3, 0.4) is 0 Å². The molecule has 0 bridgehead atoms. The Kier molecular flexibility index (Phi) is 11.0. The van der Waals surface area contributed by atoms with Crippen LogP contribution < -0.4 is 24.0 Å². The standard InChI is InChI=1S/C29H36F2N6O6S/c1-8-25(38)43-26-22(12-11-13-24(26)42-29(39)35(6)7)33-27-23(17-32-28(34-27)36(9-2)10-3)37(18(4)5)44(40,41)19-14-15-20(30)21(31)16-19/h11-18H,8-10H2,1-7H3,(H,32,33,34). The third kappa shape index (κ3) is 7.51. The van der Waals surface area contributed by atoms with Gasteiger partial charge in [-0.15, -0.1) is 0 Å². The lowest BCUT2D eigenvalue weighted by molar-refractivity contribution is -0.134. The molecule has 0 fully saturated rings. The summed E-state index contributed by atoms with van der Waals surface area (Å²) in [6.45, 7) is 9.63. The molecule has 0 aliphatic carbocycles. The first-order chi connectivity index (χ1) is 20.7. The first-order valence-electron chi connectivity index (χ1n) is 13.9. The van der Waals surface area contributed by atoms with E-state index >= 15 is 0 Å². The molecule has 0 saturated heterocycles. The molecule has 0 saturated carbocycles. The molecule has 44 heavy (non-hydrogen) atoms. The molecule has 238 valence electrons. The number of nitrogens with zero attached hydrogens (tertiary/aromatic N) is 5. The van der Waals surface area contributed by atoms with E-state index in [1.54, 1.807) is 20.8 Å². The smallest absolute Gasteiger partial charge is 0.414 e. The van der Waals surface area contributed by atoms with Gasteiger partial charge in [-0.3, -0.25) is 9.10 Å². The number of carbonyl (C=O) groups excluding carboxylic acids is 2. The van der Waals surface area contributed by atoms with Crippen LogP contribution >= 0.6 is 0 Å². The van der Waals surface area contributed by atoms with Crippen LogP contribution in [-0.2, 0) is 14.8 Å². The number of anilines is 4. The predicted octanol–water partition coefficient (Wildman–Crippen LogP) is 5.32. The van der Waals surface area contributed by atoms with Crippen molar-refractivity contribution in [3.05, 3.63) is 54.2 Å². The lowest BCUT2D eigenvalue weighted by Gasteiger charge is -2.30. The summed E-state index contributed by atoms with van der Waals surface area (Å²) in [4.78, 5) is 36.3. The molecule has 0 spiro atoms. The van der Waals surface area contributed by atoms with Crippen molar-refractivity contribution in [3.8, 4) is 11.5 Å². The number of esters is 1. The minimum atomic E-state index is -4.49. The lowest BCUT2D eigenvalue weighted by Crippen LogP contribution is -2.38. The Labute approximate surface area is 255 Å². The SMILES string of the molecule is CCC(=O)Oc1c(Nc2nc(N(CC)CC)ncc2N(C(C)C)S(=O)(=O)c2ccc(F)c(F)c2)cccc1OC(=O)N(C)C. The van der Waals surface area contributed by atoms with Gasteiger partial charge in [0.1, 0.15) is 5.69 Å². The van der Waals surface area contributed by atoms with Crippen LogP contribution in [0.4, 0.5) is 36.7 Å². The van der Waals surface area contributed by atoms with E-state index in [1.807, 2.05) is 18.7 Å². The Morgan fingerprint density at radius 3 is 2.25 bits per heavy atom. The van der Waals surface area contributed by atoms with E-state index in [-0.39, 0.29) is 41.1 Å². The van der Waals surface area contributed by atoms with Gasteiger partial charge in [0.2, 0.25) is 5.95 Å². The summed E-state index contributed by atoms with van der Waals surface area (Å²) in [6.07, 6.45) is 0.577. The normalized spacial score (nSPS) is 11.2. The van der Waals surface area contributed by atoms with E-state index in [0.29, 0.717) is 19.2 Å². The second kappa shape index (κ2) is 14.3. The molecule has 1 aromatic heterocycles. The summed E-state index contributed by atoms with van der Waals surface area (Å²) in [6, 6.07) is 6.04. The highest BCUT2D eigenvalue weighted by Crippen LogP contribution is 2.40. The molecule has 0 radical (unpaired) electrons. The first-order valence-corrected chi connectivity index (χ1v) is 15.3. The molecule has 15 heteroatoms. The summed E-state index contributed by atoms with van der Waals surface area (Å²) in [5, 5.41) is 3.04. The van der Waals surface area contributed by atoms with Crippen molar-refractivity contribution in [2.75, 3.05) is 41.7 Å². The van der Waals surface area contributed by atoms with E-state index in [0.717, 1.165) is 16.4 Å². The first kappa shape index (κ1) is 34.0. The van der Waals surface area contributed by atoms with Gasteiger partial charge in [0, 0.05) is 39.6 Å². The van der Waals surface area contributed by atoms with Crippen LogP contribution in [-0.4, -0.2) is 68.6 Å². The Hall–Kier alpha value is -4.53. The summed E-state index contributed by atoms with van der Waals surface area (Å²) in [5.41, 5.74) is 0.0827. The molecular weight excluding hydrogens is 598 g/mol. The van der Waals surface area contributed by atoms with Gasteiger partial charge in [0.25, 0.3) is 10.0 Å². The minimum Gasteiger partial charge on any atom is -0.420 e. The van der Waals surface area contributed by atoms with Crippen molar-refractivity contribution in [2.24, 2.45) is 0 Å². The maximum atomic E-state index is 14.1. The Morgan fingerprint density at radius 1 is 1.00 bits per heavy atom. The topological polar surface area (TPSA) is 134 Å². The van der Waals surface area contributed by atoms with Crippen LogP contribution in [0.2, 0.25) is 0 Å². The van der Waals surface area contributed by atoms with Crippen LogP contribution in [0.1, 0.15) is 41.0 Å².